The summed E-state index contributed by atoms with van der Waals surface area (Å²) in [6.07, 6.45) is 4.48. The molecule has 0 amide bonds. The van der Waals surface area contributed by atoms with Gasteiger partial charge in [0.15, 0.2) is 5.82 Å². The Bertz CT molecular complexity index is 642. The van der Waals surface area contributed by atoms with Gasteiger partial charge in [0.1, 0.15) is 15.7 Å². The molecule has 1 aromatic heterocycles. The van der Waals surface area contributed by atoms with Crippen LogP contribution in [0, 0.1) is 0 Å². The van der Waals surface area contributed by atoms with E-state index >= 15 is 0 Å². The Balaban J connectivity index is 1.39. The van der Waals surface area contributed by atoms with Gasteiger partial charge < -0.3 is 4.74 Å². The van der Waals surface area contributed by atoms with E-state index in [9.17, 15) is 8.42 Å². The maximum Gasteiger partial charge on any atom is 0.154 e. The molecule has 0 aliphatic carbocycles. The summed E-state index contributed by atoms with van der Waals surface area (Å²) in [6, 6.07) is 0.396. The SMILES string of the molecule is O=S1(=O)CCC(N2CCc3nc(C4CCOCC4)nn3CC2)CC1. The van der Waals surface area contributed by atoms with E-state index in [4.69, 9.17) is 14.8 Å². The molecule has 0 aromatic carbocycles. The summed E-state index contributed by atoms with van der Waals surface area (Å²) in [4.78, 5) is 7.25. The lowest BCUT2D eigenvalue weighted by Crippen LogP contribution is -2.42. The van der Waals surface area contributed by atoms with Gasteiger partial charge in [-0.15, -0.1) is 0 Å². The molecule has 24 heavy (non-hydrogen) atoms. The van der Waals surface area contributed by atoms with Gasteiger partial charge in [0.05, 0.1) is 18.1 Å². The highest BCUT2D eigenvalue weighted by Crippen LogP contribution is 2.25. The van der Waals surface area contributed by atoms with Gasteiger partial charge in [-0.25, -0.2) is 18.1 Å². The monoisotopic (exact) mass is 354 g/mol. The molecule has 2 fully saturated rings. The van der Waals surface area contributed by atoms with Crippen molar-refractivity contribution in [2.24, 2.45) is 0 Å². The molecule has 1 aromatic rings. The number of aromatic nitrogens is 3. The van der Waals surface area contributed by atoms with Crippen LogP contribution < -0.4 is 0 Å². The van der Waals surface area contributed by atoms with Crippen LogP contribution in [0.1, 0.15) is 43.3 Å². The average Bonchev–Trinajstić information content (AvgIpc) is 2.90. The van der Waals surface area contributed by atoms with Crippen molar-refractivity contribution in [2.45, 2.75) is 50.6 Å². The van der Waals surface area contributed by atoms with Crippen LogP contribution in [0.15, 0.2) is 0 Å². The van der Waals surface area contributed by atoms with Crippen molar-refractivity contribution in [1.29, 1.82) is 0 Å². The minimum absolute atomic E-state index is 0.338. The van der Waals surface area contributed by atoms with Crippen molar-refractivity contribution < 1.29 is 13.2 Å². The summed E-state index contributed by atoms with van der Waals surface area (Å²) < 4.78 is 30.7. The molecule has 0 saturated carbocycles. The smallest absolute Gasteiger partial charge is 0.154 e. The molecular formula is C16H26N4O3S. The van der Waals surface area contributed by atoms with Crippen molar-refractivity contribution in [3.05, 3.63) is 11.6 Å². The first kappa shape index (κ1) is 16.5. The Kier molecular flexibility index (Phi) is 4.62. The van der Waals surface area contributed by atoms with E-state index in [-0.39, 0.29) is 0 Å². The molecule has 2 saturated heterocycles. The predicted molar refractivity (Wildman–Crippen MR) is 89.8 cm³/mol. The fourth-order valence-corrected chi connectivity index (χ4v) is 5.54. The van der Waals surface area contributed by atoms with E-state index in [2.05, 4.69) is 9.58 Å². The summed E-state index contributed by atoms with van der Waals surface area (Å²) in [5.74, 6) is 3.20. The second-order valence-electron chi connectivity index (χ2n) is 7.16. The molecule has 0 unspecified atom stereocenters. The van der Waals surface area contributed by atoms with Gasteiger partial charge in [-0.3, -0.25) is 4.90 Å². The van der Waals surface area contributed by atoms with Crippen LogP contribution in [0.25, 0.3) is 0 Å². The van der Waals surface area contributed by atoms with Crippen molar-refractivity contribution in [3.8, 4) is 0 Å². The number of ether oxygens (including phenoxy) is 1. The van der Waals surface area contributed by atoms with Crippen LogP contribution in [0.3, 0.4) is 0 Å². The third kappa shape index (κ3) is 3.50. The standard InChI is InChI=1S/C16H26N4O3S/c21-24(22)11-4-14(5-12-24)19-6-1-15-17-16(18-20(15)8-7-19)13-2-9-23-10-3-13/h13-14H,1-12H2. The Hall–Kier alpha value is -0.990. The molecule has 3 aliphatic rings. The van der Waals surface area contributed by atoms with E-state index < -0.39 is 9.84 Å². The van der Waals surface area contributed by atoms with Gasteiger partial charge in [0.2, 0.25) is 0 Å². The van der Waals surface area contributed by atoms with Gasteiger partial charge in [0, 0.05) is 44.7 Å². The zero-order chi connectivity index (χ0) is 16.6. The Labute approximate surface area is 143 Å². The number of rotatable bonds is 2. The first-order valence-corrected chi connectivity index (χ1v) is 10.9. The molecule has 4 heterocycles. The van der Waals surface area contributed by atoms with Gasteiger partial charge in [0.25, 0.3) is 0 Å². The first-order valence-electron chi connectivity index (χ1n) is 9.06. The predicted octanol–water partition coefficient (Wildman–Crippen LogP) is 0.607. The van der Waals surface area contributed by atoms with Crippen molar-refractivity contribution in [3.63, 3.8) is 0 Å². The Morgan fingerprint density at radius 1 is 1.00 bits per heavy atom. The minimum atomic E-state index is -2.79. The zero-order valence-electron chi connectivity index (χ0n) is 14.1. The fourth-order valence-electron chi connectivity index (χ4n) is 4.07. The third-order valence-electron chi connectivity index (χ3n) is 5.61. The van der Waals surface area contributed by atoms with Crippen molar-refractivity contribution >= 4 is 9.84 Å². The molecule has 0 atom stereocenters. The van der Waals surface area contributed by atoms with Crippen LogP contribution in [0.4, 0.5) is 0 Å². The van der Waals surface area contributed by atoms with Crippen molar-refractivity contribution in [2.75, 3.05) is 37.8 Å². The van der Waals surface area contributed by atoms with Gasteiger partial charge >= 0.3 is 0 Å². The van der Waals surface area contributed by atoms with E-state index in [1.165, 1.54) is 0 Å². The lowest BCUT2D eigenvalue weighted by molar-refractivity contribution is 0.0834. The molecular weight excluding hydrogens is 328 g/mol. The second kappa shape index (κ2) is 6.72. The van der Waals surface area contributed by atoms with Crippen LogP contribution in [-0.2, 0) is 27.5 Å². The molecule has 0 N–H and O–H groups in total. The maximum absolute atomic E-state index is 11.6. The minimum Gasteiger partial charge on any atom is -0.381 e. The number of hydrogen-bond acceptors (Lipinski definition) is 6. The summed E-state index contributed by atoms with van der Waals surface area (Å²) >= 11 is 0. The average molecular weight is 354 g/mol. The second-order valence-corrected chi connectivity index (χ2v) is 9.47. The molecule has 0 bridgehead atoms. The summed E-state index contributed by atoms with van der Waals surface area (Å²) in [6.45, 7) is 4.37. The number of sulfone groups is 1. The summed E-state index contributed by atoms with van der Waals surface area (Å²) in [5.41, 5.74) is 0. The molecule has 134 valence electrons. The molecule has 4 rings (SSSR count). The number of fused-ring (bicyclic) bond motifs is 1. The normalized spacial score (nSPS) is 26.8. The van der Waals surface area contributed by atoms with Crippen LogP contribution in [-0.4, -0.2) is 71.9 Å². The van der Waals surface area contributed by atoms with E-state index in [0.717, 1.165) is 76.6 Å². The summed E-state index contributed by atoms with van der Waals surface area (Å²) in [7, 11) is -2.79. The molecule has 8 heteroatoms. The van der Waals surface area contributed by atoms with E-state index in [1.54, 1.807) is 0 Å². The molecule has 7 nitrogen and oxygen atoms in total. The Morgan fingerprint density at radius 3 is 2.50 bits per heavy atom. The van der Waals surface area contributed by atoms with Crippen LogP contribution >= 0.6 is 0 Å². The van der Waals surface area contributed by atoms with Crippen molar-refractivity contribution in [1.82, 2.24) is 19.7 Å². The molecule has 3 aliphatic heterocycles. The number of hydrogen-bond donors (Lipinski definition) is 0. The highest BCUT2D eigenvalue weighted by molar-refractivity contribution is 7.91. The van der Waals surface area contributed by atoms with Gasteiger partial charge in [-0.05, 0) is 25.7 Å². The lowest BCUT2D eigenvalue weighted by Gasteiger charge is -2.32. The highest BCUT2D eigenvalue weighted by atomic mass is 32.2. The maximum atomic E-state index is 11.6. The fraction of sp³-hybridized carbons (Fsp3) is 0.875. The van der Waals surface area contributed by atoms with E-state index in [0.29, 0.717) is 23.5 Å². The molecule has 0 spiro atoms. The van der Waals surface area contributed by atoms with Crippen LogP contribution in [0.5, 0.6) is 0 Å². The van der Waals surface area contributed by atoms with Crippen LogP contribution in [0.2, 0.25) is 0 Å². The lowest BCUT2D eigenvalue weighted by atomic mass is 10.00. The van der Waals surface area contributed by atoms with E-state index in [1.807, 2.05) is 0 Å². The number of nitrogens with zero attached hydrogens (tertiary/aromatic N) is 4. The third-order valence-corrected chi connectivity index (χ3v) is 7.33. The largest absolute Gasteiger partial charge is 0.381 e. The highest BCUT2D eigenvalue weighted by Gasteiger charge is 2.30. The zero-order valence-corrected chi connectivity index (χ0v) is 14.9. The topological polar surface area (TPSA) is 77.3 Å². The Morgan fingerprint density at radius 2 is 1.75 bits per heavy atom. The quantitative estimate of drug-likeness (QED) is 0.774. The summed E-state index contributed by atoms with van der Waals surface area (Å²) in [5, 5.41) is 4.76. The van der Waals surface area contributed by atoms with Gasteiger partial charge in [-0.2, -0.15) is 5.10 Å². The first-order chi connectivity index (χ1) is 11.6. The molecule has 0 radical (unpaired) electrons. The van der Waals surface area contributed by atoms with Gasteiger partial charge in [-0.1, -0.05) is 0 Å².